The summed E-state index contributed by atoms with van der Waals surface area (Å²) in [4.78, 5) is 8.73. The second kappa shape index (κ2) is 12.4. The number of hydrogen-bond acceptors (Lipinski definition) is 8. The molecule has 0 saturated heterocycles. The number of nitrogens with zero attached hydrogens (tertiary/aromatic N) is 4. The van der Waals surface area contributed by atoms with Crippen molar-refractivity contribution in [2.24, 2.45) is 5.16 Å². The highest BCUT2D eigenvalue weighted by Crippen LogP contribution is 2.33. The fourth-order valence-corrected chi connectivity index (χ4v) is 3.63. The number of benzene rings is 2. The molecule has 35 heavy (non-hydrogen) atoms. The lowest BCUT2D eigenvalue weighted by atomic mass is 10.1. The molecule has 0 aliphatic carbocycles. The number of hydrogen-bond donors (Lipinski definition) is 3. The zero-order valence-electron chi connectivity index (χ0n) is 18.9. The molecule has 0 aliphatic heterocycles. The van der Waals surface area contributed by atoms with Gasteiger partial charge in [0.15, 0.2) is 5.82 Å². The van der Waals surface area contributed by atoms with Gasteiger partial charge in [0.1, 0.15) is 23.3 Å². The van der Waals surface area contributed by atoms with Crippen molar-refractivity contribution < 1.29 is 19.8 Å². The van der Waals surface area contributed by atoms with Gasteiger partial charge >= 0.3 is 0 Å². The van der Waals surface area contributed by atoms with E-state index in [9.17, 15) is 0 Å². The first-order chi connectivity index (χ1) is 16.6. The lowest BCUT2D eigenvalue weighted by Gasteiger charge is -2.13. The number of aliphatic hydroxyl groups is 1. The molecule has 0 fully saturated rings. The number of aliphatic hydroxyl groups excluding tert-OH is 1. The molecule has 0 unspecified atom stereocenters. The highest BCUT2D eigenvalue weighted by molar-refractivity contribution is 6.32. The van der Waals surface area contributed by atoms with Gasteiger partial charge in [-0.25, -0.2) is 9.97 Å². The van der Waals surface area contributed by atoms with E-state index >= 15 is 0 Å². The molecule has 0 atom stereocenters. The van der Waals surface area contributed by atoms with Crippen molar-refractivity contribution in [3.63, 3.8) is 0 Å². The average molecular weight is 518 g/mol. The Kier molecular flexibility index (Phi) is 9.27. The van der Waals surface area contributed by atoms with Crippen molar-refractivity contribution in [2.45, 2.75) is 13.5 Å². The lowest BCUT2D eigenvalue weighted by molar-refractivity contribution is 0.0875. The van der Waals surface area contributed by atoms with Crippen LogP contribution < -0.4 is 10.1 Å². The van der Waals surface area contributed by atoms with Gasteiger partial charge in [-0.3, -0.25) is 0 Å². The Morgan fingerprint density at radius 2 is 2.00 bits per heavy atom. The van der Waals surface area contributed by atoms with Gasteiger partial charge < -0.3 is 29.7 Å². The molecule has 4 rings (SSSR count). The molecular formula is C24H25Cl2N5O4. The minimum absolute atomic E-state index is 0. The number of rotatable bonds is 10. The maximum Gasteiger partial charge on any atom is 0.158 e. The Morgan fingerprint density at radius 3 is 2.77 bits per heavy atom. The minimum atomic E-state index is -0.00912. The molecule has 0 radical (unpaired) electrons. The van der Waals surface area contributed by atoms with E-state index in [1.807, 2.05) is 35.0 Å². The first-order valence-corrected chi connectivity index (χ1v) is 11.0. The third kappa shape index (κ3) is 6.40. The second-order valence-corrected chi connectivity index (χ2v) is 7.79. The highest BCUT2D eigenvalue weighted by atomic mass is 35.5. The predicted octanol–water partition coefficient (Wildman–Crippen LogP) is 5.25. The van der Waals surface area contributed by atoms with Crippen LogP contribution in [0.3, 0.4) is 0 Å². The molecule has 2 aromatic heterocycles. The van der Waals surface area contributed by atoms with E-state index in [4.69, 9.17) is 31.4 Å². The zero-order chi connectivity index (χ0) is 23.9. The maximum atomic E-state index is 8.99. The third-order valence-corrected chi connectivity index (χ3v) is 5.38. The van der Waals surface area contributed by atoms with Gasteiger partial charge in [0.25, 0.3) is 0 Å². The molecule has 184 valence electrons. The third-order valence-electron chi connectivity index (χ3n) is 5.09. The Labute approximate surface area is 213 Å². The molecule has 9 nitrogen and oxygen atoms in total. The summed E-state index contributed by atoms with van der Waals surface area (Å²) in [7, 11) is 0. The van der Waals surface area contributed by atoms with Crippen molar-refractivity contribution in [1.82, 2.24) is 14.5 Å². The summed E-state index contributed by atoms with van der Waals surface area (Å²) >= 11 is 6.50. The van der Waals surface area contributed by atoms with E-state index in [1.54, 1.807) is 31.2 Å². The Balaban J connectivity index is 0.00000342. The Hall–Kier alpha value is -3.37. The van der Waals surface area contributed by atoms with Crippen LogP contribution in [-0.2, 0) is 11.3 Å². The summed E-state index contributed by atoms with van der Waals surface area (Å²) in [6, 6.07) is 14.5. The van der Waals surface area contributed by atoms with Crippen LogP contribution in [0.2, 0.25) is 5.02 Å². The largest absolute Gasteiger partial charge is 0.456 e. The number of ether oxygens (including phenoxy) is 2. The van der Waals surface area contributed by atoms with Gasteiger partial charge in [0.2, 0.25) is 0 Å². The van der Waals surface area contributed by atoms with Crippen LogP contribution in [0.15, 0.2) is 66.2 Å². The van der Waals surface area contributed by atoms with Crippen LogP contribution in [0, 0.1) is 0 Å². The zero-order valence-corrected chi connectivity index (χ0v) is 20.5. The van der Waals surface area contributed by atoms with Gasteiger partial charge in [-0.2, -0.15) is 0 Å². The summed E-state index contributed by atoms with van der Waals surface area (Å²) in [6.07, 6.45) is 3.43. The summed E-state index contributed by atoms with van der Waals surface area (Å²) in [5.74, 6) is 1.69. The van der Waals surface area contributed by atoms with E-state index in [0.717, 1.165) is 22.3 Å². The molecule has 11 heteroatoms. The van der Waals surface area contributed by atoms with E-state index in [0.29, 0.717) is 47.8 Å². The van der Waals surface area contributed by atoms with Crippen LogP contribution >= 0.6 is 24.0 Å². The van der Waals surface area contributed by atoms with Crippen molar-refractivity contribution >= 4 is 52.3 Å². The van der Waals surface area contributed by atoms with Gasteiger partial charge in [0.05, 0.1) is 36.1 Å². The molecular weight excluding hydrogens is 493 g/mol. The molecule has 0 aliphatic rings. The molecule has 2 aromatic carbocycles. The number of halogens is 2. The van der Waals surface area contributed by atoms with E-state index < -0.39 is 0 Å². The number of nitrogens with one attached hydrogen (secondary N) is 1. The minimum Gasteiger partial charge on any atom is -0.456 e. The Morgan fingerprint density at radius 1 is 1.14 bits per heavy atom. The number of aromatic nitrogens is 3. The van der Waals surface area contributed by atoms with Gasteiger partial charge in [0, 0.05) is 24.0 Å². The normalized spacial score (nSPS) is 11.3. The predicted molar refractivity (Wildman–Crippen MR) is 138 cm³/mol. The molecule has 0 amide bonds. The second-order valence-electron chi connectivity index (χ2n) is 7.39. The van der Waals surface area contributed by atoms with Crippen molar-refractivity contribution in [3.8, 4) is 11.5 Å². The number of anilines is 2. The average Bonchev–Trinajstić information content (AvgIpc) is 3.27. The van der Waals surface area contributed by atoms with Gasteiger partial charge in [-0.15, -0.1) is 12.4 Å². The molecule has 3 N–H and O–H groups in total. The first kappa shape index (κ1) is 26.2. The van der Waals surface area contributed by atoms with Gasteiger partial charge in [-0.1, -0.05) is 28.9 Å². The van der Waals surface area contributed by atoms with Crippen LogP contribution in [0.5, 0.6) is 11.5 Å². The van der Waals surface area contributed by atoms with Crippen molar-refractivity contribution in [1.29, 1.82) is 0 Å². The SMILES string of the molecule is C/C(=N\O)c1cccc(Oc2ccc(Nc3ncnc4ccn(CCOCCO)c34)cc2Cl)c1.Cl. The molecule has 0 spiro atoms. The first-order valence-electron chi connectivity index (χ1n) is 10.6. The lowest BCUT2D eigenvalue weighted by Crippen LogP contribution is -2.09. The van der Waals surface area contributed by atoms with Crippen LogP contribution in [0.1, 0.15) is 12.5 Å². The molecule has 2 heterocycles. The molecule has 4 aromatic rings. The monoisotopic (exact) mass is 517 g/mol. The quantitative estimate of drug-likeness (QED) is 0.114. The van der Waals surface area contributed by atoms with Crippen LogP contribution in [0.25, 0.3) is 11.0 Å². The van der Waals surface area contributed by atoms with E-state index in [2.05, 4.69) is 20.4 Å². The fraction of sp³-hybridized carbons (Fsp3) is 0.208. The van der Waals surface area contributed by atoms with Crippen LogP contribution in [-0.4, -0.2) is 50.4 Å². The highest BCUT2D eigenvalue weighted by Gasteiger charge is 2.12. The molecule has 0 bridgehead atoms. The summed E-state index contributed by atoms with van der Waals surface area (Å²) in [6.45, 7) is 3.05. The molecule has 0 saturated carbocycles. The summed E-state index contributed by atoms with van der Waals surface area (Å²) < 4.78 is 13.3. The van der Waals surface area contributed by atoms with Crippen molar-refractivity contribution in [3.05, 3.63) is 71.6 Å². The fourth-order valence-electron chi connectivity index (χ4n) is 3.41. The van der Waals surface area contributed by atoms with Gasteiger partial charge in [-0.05, 0) is 43.3 Å². The summed E-state index contributed by atoms with van der Waals surface area (Å²) in [5, 5.41) is 24.8. The standard InChI is InChI=1S/C24H24ClN5O4.ClH/c1-16(29-32)17-3-2-4-19(13-17)34-22-6-5-18(14-20(22)25)28-24-23-21(26-15-27-24)7-8-30(23)9-11-33-12-10-31;/h2-8,13-15,31-32H,9-12H2,1H3,(H,26,27,28);1H/b29-16+;. The van der Waals surface area contributed by atoms with Crippen molar-refractivity contribution in [2.75, 3.05) is 25.1 Å². The smallest absolute Gasteiger partial charge is 0.158 e. The van der Waals surface area contributed by atoms with Crippen LogP contribution in [0.4, 0.5) is 11.5 Å². The maximum absolute atomic E-state index is 8.99. The number of oxime groups is 1. The number of fused-ring (bicyclic) bond motifs is 1. The topological polar surface area (TPSA) is 114 Å². The van der Waals surface area contributed by atoms with E-state index in [1.165, 1.54) is 6.33 Å². The summed E-state index contributed by atoms with van der Waals surface area (Å²) in [5.41, 5.74) is 3.60. The Bertz CT molecular complexity index is 1310. The van der Waals surface area contributed by atoms with E-state index in [-0.39, 0.29) is 19.0 Å².